The van der Waals surface area contributed by atoms with Gasteiger partial charge in [-0.25, -0.2) is 0 Å². The fourth-order valence-corrected chi connectivity index (χ4v) is 3.62. The second-order valence-corrected chi connectivity index (χ2v) is 8.05. The Balaban J connectivity index is 1.81. The predicted octanol–water partition coefficient (Wildman–Crippen LogP) is 3.47. The molecule has 6 nitrogen and oxygen atoms in total. The van der Waals surface area contributed by atoms with Crippen LogP contribution in [0.1, 0.15) is 33.3 Å². The summed E-state index contributed by atoms with van der Waals surface area (Å²) < 4.78 is 64.8. The minimum atomic E-state index is -6.16. The summed E-state index contributed by atoms with van der Waals surface area (Å²) in [6, 6.07) is 16.4. The lowest BCUT2D eigenvalue weighted by Gasteiger charge is -2.31. The number of rotatable bonds is 2. The number of halogens is 3. The number of hydrogen-bond donors (Lipinski definition) is 1. The van der Waals surface area contributed by atoms with Crippen LogP contribution in [-0.2, 0) is 14.4 Å². The van der Waals surface area contributed by atoms with Gasteiger partial charge in [0.15, 0.2) is 6.23 Å². The van der Waals surface area contributed by atoms with Gasteiger partial charge >= 0.3 is 15.6 Å². The number of amides is 1. The lowest BCUT2D eigenvalue weighted by atomic mass is 9.91. The number of nitrogens with zero attached hydrogens (tertiary/aromatic N) is 1. The van der Waals surface area contributed by atoms with Crippen LogP contribution in [0.5, 0.6) is 0 Å². The minimum Gasteiger partial charge on any atom is -0.367 e. The number of aliphatic hydroxyl groups is 1. The molecule has 0 aliphatic carbocycles. The molecule has 0 bridgehead atoms. The highest BCUT2D eigenvalue weighted by molar-refractivity contribution is 7.87. The highest BCUT2D eigenvalue weighted by Gasteiger charge is 2.51. The van der Waals surface area contributed by atoms with Crippen molar-refractivity contribution in [2.45, 2.75) is 11.7 Å². The molecule has 158 valence electrons. The Morgan fingerprint density at radius 1 is 0.968 bits per heavy atom. The maximum absolute atomic E-state index is 12.7. The maximum atomic E-state index is 12.7. The number of hydrogen-bond acceptors (Lipinski definition) is 5. The number of carbonyl (C=O) groups is 1. The number of alkyl halides is 3. The first-order chi connectivity index (χ1) is 14.6. The molecule has 0 saturated carbocycles. The van der Waals surface area contributed by atoms with Gasteiger partial charge in [0.25, 0.3) is 5.91 Å². The Kier molecular flexibility index (Phi) is 4.97. The Hall–Kier alpha value is -3.39. The summed E-state index contributed by atoms with van der Waals surface area (Å²) in [7, 11) is -6.16. The van der Waals surface area contributed by atoms with Crippen LogP contribution in [-0.4, -0.2) is 30.0 Å². The van der Waals surface area contributed by atoms with Crippen LogP contribution in [0.15, 0.2) is 60.7 Å². The van der Waals surface area contributed by atoms with Crippen molar-refractivity contribution in [1.82, 2.24) is 5.06 Å². The third-order valence-electron chi connectivity index (χ3n) is 4.58. The van der Waals surface area contributed by atoms with Gasteiger partial charge in [-0.1, -0.05) is 48.2 Å². The molecule has 1 N–H and O–H groups in total. The predicted molar refractivity (Wildman–Crippen MR) is 104 cm³/mol. The summed E-state index contributed by atoms with van der Waals surface area (Å²) in [5.41, 5.74) is -4.62. The lowest BCUT2D eigenvalue weighted by Crippen LogP contribution is -2.42. The molecule has 31 heavy (non-hydrogen) atoms. The zero-order chi connectivity index (χ0) is 22.4. The number of aliphatic hydroxyl groups excluding tert-OH is 1. The van der Waals surface area contributed by atoms with Crippen molar-refractivity contribution in [3.05, 3.63) is 82.9 Å². The van der Waals surface area contributed by atoms with E-state index in [9.17, 15) is 31.5 Å². The lowest BCUT2D eigenvalue weighted by molar-refractivity contribution is -0.151. The van der Waals surface area contributed by atoms with Crippen molar-refractivity contribution in [3.63, 3.8) is 0 Å². The smallest absolute Gasteiger partial charge is 0.367 e. The number of carbonyl (C=O) groups excluding carboxylic acids is 1. The van der Waals surface area contributed by atoms with E-state index < -0.39 is 27.8 Å². The van der Waals surface area contributed by atoms with E-state index >= 15 is 0 Å². The van der Waals surface area contributed by atoms with Gasteiger partial charge in [0.1, 0.15) is 0 Å². The van der Waals surface area contributed by atoms with E-state index in [1.54, 1.807) is 6.07 Å². The summed E-state index contributed by atoms with van der Waals surface area (Å²) in [6.45, 7) is 0. The average molecular weight is 447 g/mol. The highest BCUT2D eigenvalue weighted by Crippen LogP contribution is 2.38. The second kappa shape index (κ2) is 7.39. The molecule has 0 fully saturated rings. The van der Waals surface area contributed by atoms with E-state index in [0.29, 0.717) is 10.9 Å². The summed E-state index contributed by atoms with van der Waals surface area (Å²) in [5, 5.41) is 11.0. The van der Waals surface area contributed by atoms with Crippen molar-refractivity contribution >= 4 is 26.8 Å². The molecule has 0 spiro atoms. The van der Waals surface area contributed by atoms with Crippen LogP contribution >= 0.6 is 0 Å². The van der Waals surface area contributed by atoms with Crippen LogP contribution in [0.25, 0.3) is 10.8 Å². The first-order valence-electron chi connectivity index (χ1n) is 8.75. The maximum Gasteiger partial charge on any atom is 0.525 e. The topological polar surface area (TPSA) is 83.9 Å². The zero-order valence-electron chi connectivity index (χ0n) is 15.4. The molecule has 1 aliphatic heterocycles. The Labute approximate surface area is 174 Å². The number of hydroxylamine groups is 2. The van der Waals surface area contributed by atoms with Crippen molar-refractivity contribution in [3.8, 4) is 11.8 Å². The molecule has 3 aromatic rings. The van der Waals surface area contributed by atoms with E-state index in [1.807, 2.05) is 30.3 Å². The van der Waals surface area contributed by atoms with Crippen LogP contribution in [0.3, 0.4) is 0 Å². The first-order valence-corrected chi connectivity index (χ1v) is 10.2. The van der Waals surface area contributed by atoms with E-state index in [1.165, 1.54) is 24.3 Å². The van der Waals surface area contributed by atoms with Crippen molar-refractivity contribution < 1.29 is 35.8 Å². The Morgan fingerprint density at radius 2 is 1.68 bits per heavy atom. The molecular weight excluding hydrogens is 435 g/mol. The molecule has 0 aromatic heterocycles. The average Bonchev–Trinajstić information content (AvgIpc) is 2.73. The molecule has 1 unspecified atom stereocenters. The van der Waals surface area contributed by atoms with Gasteiger partial charge < -0.3 is 5.11 Å². The van der Waals surface area contributed by atoms with Gasteiger partial charge in [0.2, 0.25) is 0 Å². The van der Waals surface area contributed by atoms with Gasteiger partial charge in [0.05, 0.1) is 5.56 Å². The summed E-state index contributed by atoms with van der Waals surface area (Å²) in [6.07, 6.45) is -2.07. The largest absolute Gasteiger partial charge is 0.525 e. The summed E-state index contributed by atoms with van der Waals surface area (Å²) in [4.78, 5) is 12.7. The molecule has 0 saturated heterocycles. The molecule has 1 amide bonds. The summed E-state index contributed by atoms with van der Waals surface area (Å²) >= 11 is 0. The molecule has 3 aromatic carbocycles. The Morgan fingerprint density at radius 3 is 2.35 bits per heavy atom. The molecule has 1 aliphatic rings. The fraction of sp³-hybridized carbons (Fsp3) is 0.0952. The molecule has 0 radical (unpaired) electrons. The van der Waals surface area contributed by atoms with Crippen LogP contribution in [0.4, 0.5) is 13.2 Å². The third kappa shape index (κ3) is 3.63. The standard InChI is InChI=1S/C21H12F3NO5S/c22-21(23,24)31(28,29)30-25-19(26)16-8-4-7-15-14(10-9-13-5-2-1-3-6-13)11-12-17(18(15)16)20(25)27/h1-8,11-12,19,26H. The van der Waals surface area contributed by atoms with Crippen LogP contribution < -0.4 is 0 Å². The third-order valence-corrected chi connectivity index (χ3v) is 5.50. The van der Waals surface area contributed by atoms with E-state index in [0.717, 1.165) is 5.56 Å². The van der Waals surface area contributed by atoms with Crippen LogP contribution in [0.2, 0.25) is 0 Å². The van der Waals surface area contributed by atoms with Crippen LogP contribution in [0, 0.1) is 11.8 Å². The molecule has 1 atom stereocenters. The van der Waals surface area contributed by atoms with Gasteiger partial charge in [-0.05, 0) is 29.7 Å². The van der Waals surface area contributed by atoms with E-state index in [4.69, 9.17) is 0 Å². The van der Waals surface area contributed by atoms with Gasteiger partial charge in [-0.15, -0.1) is 4.28 Å². The quantitative estimate of drug-likeness (QED) is 0.481. The first kappa shape index (κ1) is 20.9. The minimum absolute atomic E-state index is 0.00726. The summed E-state index contributed by atoms with van der Waals surface area (Å²) in [5.74, 6) is 4.71. The van der Waals surface area contributed by atoms with E-state index in [2.05, 4.69) is 16.1 Å². The highest BCUT2D eigenvalue weighted by atomic mass is 32.2. The number of benzene rings is 3. The van der Waals surface area contributed by atoms with E-state index in [-0.39, 0.29) is 21.6 Å². The van der Waals surface area contributed by atoms with Crippen molar-refractivity contribution in [2.24, 2.45) is 0 Å². The van der Waals surface area contributed by atoms with Crippen molar-refractivity contribution in [2.75, 3.05) is 0 Å². The van der Waals surface area contributed by atoms with Gasteiger partial charge in [-0.2, -0.15) is 26.7 Å². The zero-order valence-corrected chi connectivity index (χ0v) is 16.2. The fourth-order valence-electron chi connectivity index (χ4n) is 3.18. The second-order valence-electron chi connectivity index (χ2n) is 6.53. The molecular formula is C21H12F3NO5S. The Bertz CT molecular complexity index is 1360. The molecule has 1 heterocycles. The molecule has 10 heteroatoms. The SMILES string of the molecule is O=C1c2ccc(C#Cc3ccccc3)c3cccc(c23)C(O)N1OS(=O)(=O)C(F)(F)F. The van der Waals surface area contributed by atoms with Gasteiger partial charge in [0, 0.05) is 22.1 Å². The normalized spacial score (nSPS) is 16.2. The van der Waals surface area contributed by atoms with Gasteiger partial charge in [-0.3, -0.25) is 4.79 Å². The monoisotopic (exact) mass is 447 g/mol. The molecule has 4 rings (SSSR count). The van der Waals surface area contributed by atoms with Crippen molar-refractivity contribution in [1.29, 1.82) is 0 Å².